The zero-order valence-corrected chi connectivity index (χ0v) is 9.48. The average molecular weight is 214 g/mol. The molecule has 0 aliphatic heterocycles. The van der Waals surface area contributed by atoms with Crippen LogP contribution in [-0.4, -0.2) is 22.3 Å². The summed E-state index contributed by atoms with van der Waals surface area (Å²) in [4.78, 5) is 10.2. The van der Waals surface area contributed by atoms with Crippen LogP contribution in [0.4, 0.5) is 0 Å². The van der Waals surface area contributed by atoms with Crippen molar-refractivity contribution in [2.45, 2.75) is 58.0 Å². The standard InChI is InChI=1S/C12H22O3/c1-2-3-4-5-6-7-8-11(13)9-10-12(14)15/h9-11,13H,2-8H2,1H3,(H,14,15). The zero-order chi connectivity index (χ0) is 11.5. The lowest BCUT2D eigenvalue weighted by Gasteiger charge is -2.04. The number of carboxylic acids is 1. The summed E-state index contributed by atoms with van der Waals surface area (Å²) >= 11 is 0. The summed E-state index contributed by atoms with van der Waals surface area (Å²) in [6, 6.07) is 0. The van der Waals surface area contributed by atoms with Crippen molar-refractivity contribution < 1.29 is 15.0 Å². The third-order valence-corrected chi connectivity index (χ3v) is 2.31. The van der Waals surface area contributed by atoms with Crippen LogP contribution in [0.25, 0.3) is 0 Å². The van der Waals surface area contributed by atoms with E-state index < -0.39 is 12.1 Å². The van der Waals surface area contributed by atoms with Gasteiger partial charge < -0.3 is 10.2 Å². The van der Waals surface area contributed by atoms with Gasteiger partial charge in [0.15, 0.2) is 0 Å². The van der Waals surface area contributed by atoms with Gasteiger partial charge in [-0.25, -0.2) is 4.79 Å². The molecule has 0 aromatic rings. The van der Waals surface area contributed by atoms with Gasteiger partial charge in [0.05, 0.1) is 6.10 Å². The number of hydrogen-bond donors (Lipinski definition) is 2. The number of carbonyl (C=O) groups is 1. The number of aliphatic hydroxyl groups excluding tert-OH is 1. The first kappa shape index (κ1) is 14.2. The molecular weight excluding hydrogens is 192 g/mol. The van der Waals surface area contributed by atoms with Crippen LogP contribution >= 0.6 is 0 Å². The predicted octanol–water partition coefficient (Wildman–Crippen LogP) is 2.74. The molecule has 88 valence electrons. The molecule has 15 heavy (non-hydrogen) atoms. The minimum Gasteiger partial charge on any atom is -0.478 e. The van der Waals surface area contributed by atoms with Crippen LogP contribution in [0.2, 0.25) is 0 Å². The van der Waals surface area contributed by atoms with Crippen LogP contribution in [0.1, 0.15) is 51.9 Å². The number of unbranched alkanes of at least 4 members (excludes halogenated alkanes) is 5. The van der Waals surface area contributed by atoms with Crippen LogP contribution in [0.3, 0.4) is 0 Å². The third-order valence-electron chi connectivity index (χ3n) is 2.31. The smallest absolute Gasteiger partial charge is 0.328 e. The highest BCUT2D eigenvalue weighted by atomic mass is 16.4. The number of rotatable bonds is 9. The molecule has 0 bridgehead atoms. The van der Waals surface area contributed by atoms with E-state index in [1.54, 1.807) is 0 Å². The highest BCUT2D eigenvalue weighted by Gasteiger charge is 1.99. The molecule has 0 aromatic carbocycles. The molecule has 2 N–H and O–H groups in total. The van der Waals surface area contributed by atoms with Gasteiger partial charge in [-0.3, -0.25) is 0 Å². The number of hydrogen-bond acceptors (Lipinski definition) is 2. The highest BCUT2D eigenvalue weighted by Crippen LogP contribution is 2.08. The van der Waals surface area contributed by atoms with E-state index in [2.05, 4.69) is 6.92 Å². The fourth-order valence-corrected chi connectivity index (χ4v) is 1.42. The van der Waals surface area contributed by atoms with Crippen LogP contribution in [0.5, 0.6) is 0 Å². The first-order valence-corrected chi connectivity index (χ1v) is 5.76. The Labute approximate surface area is 91.8 Å². The van der Waals surface area contributed by atoms with Crippen molar-refractivity contribution in [1.82, 2.24) is 0 Å². The molecular formula is C12H22O3. The van der Waals surface area contributed by atoms with E-state index in [9.17, 15) is 9.90 Å². The summed E-state index contributed by atoms with van der Waals surface area (Å²) in [5.41, 5.74) is 0. The van der Waals surface area contributed by atoms with Gasteiger partial charge in [0.2, 0.25) is 0 Å². The molecule has 0 aromatic heterocycles. The lowest BCUT2D eigenvalue weighted by Crippen LogP contribution is -2.03. The maximum atomic E-state index is 10.2. The largest absolute Gasteiger partial charge is 0.478 e. The maximum absolute atomic E-state index is 10.2. The summed E-state index contributed by atoms with van der Waals surface area (Å²) in [7, 11) is 0. The van der Waals surface area contributed by atoms with E-state index in [1.165, 1.54) is 31.8 Å². The van der Waals surface area contributed by atoms with Gasteiger partial charge in [-0.05, 0) is 12.5 Å². The number of aliphatic hydroxyl groups is 1. The van der Waals surface area contributed by atoms with E-state index in [0.717, 1.165) is 18.9 Å². The summed E-state index contributed by atoms with van der Waals surface area (Å²) in [5.74, 6) is -1.00. The van der Waals surface area contributed by atoms with E-state index in [1.807, 2.05) is 0 Å². The summed E-state index contributed by atoms with van der Waals surface area (Å²) in [6.45, 7) is 2.18. The molecule has 0 saturated carbocycles. The molecule has 1 atom stereocenters. The van der Waals surface area contributed by atoms with Crippen molar-refractivity contribution in [3.63, 3.8) is 0 Å². The van der Waals surface area contributed by atoms with Crippen LogP contribution in [0.15, 0.2) is 12.2 Å². The molecule has 0 spiro atoms. The minimum absolute atomic E-state index is 0.604. The normalized spacial score (nSPS) is 13.2. The van der Waals surface area contributed by atoms with Gasteiger partial charge in [0, 0.05) is 6.08 Å². The Morgan fingerprint density at radius 1 is 1.20 bits per heavy atom. The number of aliphatic carboxylic acids is 1. The van der Waals surface area contributed by atoms with Gasteiger partial charge >= 0.3 is 5.97 Å². The lowest BCUT2D eigenvalue weighted by atomic mass is 10.1. The fraction of sp³-hybridized carbons (Fsp3) is 0.750. The second-order valence-corrected chi connectivity index (χ2v) is 3.82. The summed E-state index contributed by atoms with van der Waals surface area (Å²) in [5, 5.41) is 17.7. The Morgan fingerprint density at radius 2 is 1.80 bits per heavy atom. The van der Waals surface area contributed by atoms with Gasteiger partial charge in [-0.1, -0.05) is 45.4 Å². The topological polar surface area (TPSA) is 57.5 Å². The van der Waals surface area contributed by atoms with Gasteiger partial charge in [0.1, 0.15) is 0 Å². The zero-order valence-electron chi connectivity index (χ0n) is 9.48. The molecule has 3 nitrogen and oxygen atoms in total. The van der Waals surface area contributed by atoms with Crippen molar-refractivity contribution in [2.75, 3.05) is 0 Å². The Kier molecular flexibility index (Phi) is 9.18. The van der Waals surface area contributed by atoms with Gasteiger partial charge in [-0.2, -0.15) is 0 Å². The summed E-state index contributed by atoms with van der Waals surface area (Å²) in [6.07, 6.45) is 9.48. The van der Waals surface area contributed by atoms with E-state index in [4.69, 9.17) is 5.11 Å². The second-order valence-electron chi connectivity index (χ2n) is 3.82. The summed E-state index contributed by atoms with van der Waals surface area (Å²) < 4.78 is 0. The molecule has 0 heterocycles. The Hall–Kier alpha value is -0.830. The maximum Gasteiger partial charge on any atom is 0.328 e. The van der Waals surface area contributed by atoms with Gasteiger partial charge in [-0.15, -0.1) is 0 Å². The molecule has 3 heteroatoms. The van der Waals surface area contributed by atoms with E-state index >= 15 is 0 Å². The van der Waals surface area contributed by atoms with Crippen LogP contribution < -0.4 is 0 Å². The van der Waals surface area contributed by atoms with Crippen molar-refractivity contribution in [3.05, 3.63) is 12.2 Å². The monoisotopic (exact) mass is 214 g/mol. The molecule has 0 rings (SSSR count). The van der Waals surface area contributed by atoms with E-state index in [0.29, 0.717) is 6.42 Å². The quantitative estimate of drug-likeness (QED) is 0.458. The molecule has 0 aliphatic rings. The SMILES string of the molecule is CCCCCCCCC(O)C=CC(=O)O. The first-order chi connectivity index (χ1) is 7.16. The lowest BCUT2D eigenvalue weighted by molar-refractivity contribution is -0.131. The Morgan fingerprint density at radius 3 is 2.40 bits per heavy atom. The van der Waals surface area contributed by atoms with Crippen molar-refractivity contribution in [3.8, 4) is 0 Å². The van der Waals surface area contributed by atoms with Gasteiger partial charge in [0.25, 0.3) is 0 Å². The molecule has 0 radical (unpaired) electrons. The highest BCUT2D eigenvalue weighted by molar-refractivity contribution is 5.79. The third kappa shape index (κ3) is 11.1. The Balaban J connectivity index is 3.31. The second kappa shape index (κ2) is 9.71. The molecule has 0 fully saturated rings. The molecule has 0 amide bonds. The van der Waals surface area contributed by atoms with Crippen LogP contribution in [0, 0.1) is 0 Å². The van der Waals surface area contributed by atoms with E-state index in [-0.39, 0.29) is 0 Å². The fourth-order valence-electron chi connectivity index (χ4n) is 1.42. The average Bonchev–Trinajstić information content (AvgIpc) is 2.20. The minimum atomic E-state index is -1.00. The van der Waals surface area contributed by atoms with Crippen molar-refractivity contribution in [1.29, 1.82) is 0 Å². The Bertz CT molecular complexity index is 187. The van der Waals surface area contributed by atoms with Crippen LogP contribution in [-0.2, 0) is 4.79 Å². The van der Waals surface area contributed by atoms with Crippen molar-refractivity contribution in [2.24, 2.45) is 0 Å². The molecule has 1 unspecified atom stereocenters. The van der Waals surface area contributed by atoms with Crippen molar-refractivity contribution >= 4 is 5.97 Å². The molecule has 0 saturated heterocycles. The number of carboxylic acid groups (broad SMARTS) is 1. The molecule has 0 aliphatic carbocycles. The first-order valence-electron chi connectivity index (χ1n) is 5.76. The predicted molar refractivity (Wildman–Crippen MR) is 60.8 cm³/mol.